The molecule has 3 aromatic rings. The molecule has 0 spiro atoms. The first-order chi connectivity index (χ1) is 31.1. The van der Waals surface area contributed by atoms with E-state index in [1.54, 1.807) is 27.0 Å². The van der Waals surface area contributed by atoms with Crippen LogP contribution in [0.25, 0.3) is 10.9 Å². The molecule has 3 aliphatic heterocycles. The molecule has 21 nitrogen and oxygen atoms in total. The molecule has 3 saturated heterocycles. The van der Waals surface area contributed by atoms with Crippen molar-refractivity contribution in [1.29, 1.82) is 0 Å². The fraction of sp³-hybridized carbons (Fsp3) is 0.545. The molecule has 9 amide bonds. The van der Waals surface area contributed by atoms with Crippen LogP contribution in [0.2, 0.25) is 0 Å². The summed E-state index contributed by atoms with van der Waals surface area (Å²) in [7, 11) is 0. The van der Waals surface area contributed by atoms with Crippen LogP contribution in [0.4, 0.5) is 0 Å². The summed E-state index contributed by atoms with van der Waals surface area (Å²) in [6.45, 7) is 6.62. The van der Waals surface area contributed by atoms with E-state index in [1.165, 1.54) is 22.3 Å². The maximum atomic E-state index is 14.5. The lowest BCUT2D eigenvalue weighted by molar-refractivity contribution is -0.149. The number of hydrogen-bond acceptors (Lipinski definition) is 10. The highest BCUT2D eigenvalue weighted by Gasteiger charge is 2.45. The zero-order valence-corrected chi connectivity index (χ0v) is 37.1. The zero-order chi connectivity index (χ0) is 46.9. The molecule has 350 valence electrons. The molecular formula is C44H60N12O9. The molecule has 3 fully saturated rings. The third kappa shape index (κ3) is 11.5. The number of carbonyl (C=O) groups is 9. The smallest absolute Gasteiger partial charge is 0.246 e. The number of hydrogen-bond donors (Lipinski definition) is 9. The van der Waals surface area contributed by atoms with Gasteiger partial charge in [0.2, 0.25) is 53.2 Å². The topological polar surface area (TPSA) is 303 Å². The molecule has 3 aliphatic rings. The molecule has 8 unspecified atom stereocenters. The quantitative estimate of drug-likeness (QED) is 0.124. The minimum Gasteiger partial charge on any atom is -0.370 e. The van der Waals surface area contributed by atoms with Crippen molar-refractivity contribution in [3.63, 3.8) is 0 Å². The molecule has 21 heteroatoms. The number of H-pyrrole nitrogens is 2. The summed E-state index contributed by atoms with van der Waals surface area (Å²) < 4.78 is 0. The molecule has 8 atom stereocenters. The van der Waals surface area contributed by atoms with Crippen molar-refractivity contribution in [2.24, 2.45) is 17.6 Å². The number of imidazole rings is 1. The van der Waals surface area contributed by atoms with Crippen molar-refractivity contribution in [3.05, 3.63) is 54.2 Å². The van der Waals surface area contributed by atoms with Crippen molar-refractivity contribution in [3.8, 4) is 0 Å². The van der Waals surface area contributed by atoms with E-state index in [2.05, 4.69) is 46.9 Å². The summed E-state index contributed by atoms with van der Waals surface area (Å²) in [5, 5.41) is 16.8. The van der Waals surface area contributed by atoms with Crippen molar-refractivity contribution in [2.45, 2.75) is 121 Å². The molecule has 6 rings (SSSR count). The summed E-state index contributed by atoms with van der Waals surface area (Å²) in [5.41, 5.74) is 7.49. The van der Waals surface area contributed by atoms with Gasteiger partial charge >= 0.3 is 0 Å². The van der Waals surface area contributed by atoms with Gasteiger partial charge < -0.3 is 57.4 Å². The number of carbonyl (C=O) groups excluding carboxylic acids is 9. The number of nitrogens with one attached hydrogen (secondary N) is 8. The first-order valence-corrected chi connectivity index (χ1v) is 22.3. The molecule has 10 N–H and O–H groups in total. The lowest BCUT2D eigenvalue weighted by atomic mass is 9.96. The number of rotatable bonds is 9. The van der Waals surface area contributed by atoms with Crippen LogP contribution >= 0.6 is 0 Å². The first-order valence-electron chi connectivity index (χ1n) is 22.3. The summed E-state index contributed by atoms with van der Waals surface area (Å²) in [6, 6.07) is -1.06. The number of aromatic amines is 2. The Morgan fingerprint density at radius 1 is 0.738 bits per heavy atom. The predicted octanol–water partition coefficient (Wildman–Crippen LogP) is -1.21. The van der Waals surface area contributed by atoms with E-state index in [0.29, 0.717) is 36.9 Å². The second-order valence-electron chi connectivity index (χ2n) is 17.5. The van der Waals surface area contributed by atoms with Gasteiger partial charge in [-0.25, -0.2) is 4.98 Å². The average molecular weight is 901 g/mol. The minimum absolute atomic E-state index is 0.00433. The highest BCUT2D eigenvalue weighted by molar-refractivity contribution is 6.00. The number of primary amides is 1. The van der Waals surface area contributed by atoms with Crippen LogP contribution in [-0.2, 0) is 56.0 Å². The molecule has 1 aromatic carbocycles. The Hall–Kier alpha value is -6.80. The summed E-state index contributed by atoms with van der Waals surface area (Å²) in [4.78, 5) is 138. The van der Waals surface area contributed by atoms with Crippen molar-refractivity contribution in [2.75, 3.05) is 19.6 Å². The number of aromatic nitrogens is 3. The van der Waals surface area contributed by atoms with Gasteiger partial charge in [-0.2, -0.15) is 0 Å². The van der Waals surface area contributed by atoms with Crippen LogP contribution in [0, 0.1) is 11.8 Å². The van der Waals surface area contributed by atoms with Crippen LogP contribution in [0.3, 0.4) is 0 Å². The van der Waals surface area contributed by atoms with Crippen molar-refractivity contribution >= 4 is 64.1 Å². The Morgan fingerprint density at radius 3 is 2.06 bits per heavy atom. The van der Waals surface area contributed by atoms with Gasteiger partial charge in [-0.05, 0) is 49.1 Å². The van der Waals surface area contributed by atoms with E-state index >= 15 is 0 Å². The van der Waals surface area contributed by atoms with Gasteiger partial charge in [-0.1, -0.05) is 52.3 Å². The number of amides is 9. The van der Waals surface area contributed by atoms with E-state index in [4.69, 9.17) is 5.73 Å². The van der Waals surface area contributed by atoms with Crippen LogP contribution in [0.15, 0.2) is 43.0 Å². The fourth-order valence-electron chi connectivity index (χ4n) is 8.71. The Labute approximate surface area is 375 Å². The average Bonchev–Trinajstić information content (AvgIpc) is 4.13. The first kappa shape index (κ1) is 47.7. The third-order valence-electron chi connectivity index (χ3n) is 12.5. The standard InChI is InChI=1S/C44H60N12O9/c1-5-24(4)37-44(65)56-15-9-13-33(56)43(64)55-14-8-12-32(55)41(62)51-29(16-25-19-47-28-11-7-6-10-27(25)28)39(60)50-30(17-26-20-46-22-49-26)38(59)48-21-35(58)53-36(23(2)3)42(63)52-31(18-34(45)57)40(61)54-37/h6-7,10-11,19-20,22-24,29-33,36-37,47H,5,8-9,12-18,21H2,1-4H3,(H2,45,57)(H,46,49)(H,48,59)(H,50,60)(H,51,62)(H,52,63)(H,53,58)(H,54,61). The predicted molar refractivity (Wildman–Crippen MR) is 235 cm³/mol. The molecule has 0 bridgehead atoms. The molecule has 5 heterocycles. The number of nitrogens with two attached hydrogens (primary N) is 1. The van der Waals surface area contributed by atoms with Gasteiger partial charge in [-0.3, -0.25) is 43.2 Å². The van der Waals surface area contributed by atoms with Gasteiger partial charge in [0.15, 0.2) is 0 Å². The van der Waals surface area contributed by atoms with Crippen molar-refractivity contribution < 1.29 is 43.2 Å². The molecule has 65 heavy (non-hydrogen) atoms. The SMILES string of the molecule is CCC(C)C1NC(=O)C(CC(N)=O)NC(=O)C(C(C)C)NC(=O)CNC(=O)C(Cc2cnc[nH]2)NC(=O)C(Cc2c[nH]c3ccccc23)NC(=O)C2CCCN2C(=O)C2CCCN2C1=O. The lowest BCUT2D eigenvalue weighted by Gasteiger charge is -2.35. The highest BCUT2D eigenvalue weighted by Crippen LogP contribution is 2.27. The Morgan fingerprint density at radius 2 is 1.38 bits per heavy atom. The summed E-state index contributed by atoms with van der Waals surface area (Å²) in [6.07, 6.45) is 5.82. The maximum Gasteiger partial charge on any atom is 0.246 e. The number of benzene rings is 1. The van der Waals surface area contributed by atoms with E-state index in [9.17, 15) is 43.2 Å². The number of nitrogens with zero attached hydrogens (tertiary/aromatic N) is 3. The van der Waals surface area contributed by atoms with Gasteiger partial charge in [0.25, 0.3) is 0 Å². The normalized spacial score (nSPS) is 26.3. The maximum absolute atomic E-state index is 14.5. The Bertz CT molecular complexity index is 2260. The Balaban J connectivity index is 1.36. The van der Waals surface area contributed by atoms with Crippen LogP contribution < -0.4 is 37.6 Å². The van der Waals surface area contributed by atoms with Crippen LogP contribution in [0.5, 0.6) is 0 Å². The lowest BCUT2D eigenvalue weighted by Crippen LogP contribution is -2.61. The van der Waals surface area contributed by atoms with E-state index in [1.807, 2.05) is 31.2 Å². The van der Waals surface area contributed by atoms with Gasteiger partial charge in [0.1, 0.15) is 42.3 Å². The van der Waals surface area contributed by atoms with Gasteiger partial charge in [0, 0.05) is 54.9 Å². The Kier molecular flexibility index (Phi) is 15.6. The molecule has 0 radical (unpaired) electrons. The van der Waals surface area contributed by atoms with Gasteiger partial charge in [0.05, 0.1) is 19.3 Å². The summed E-state index contributed by atoms with van der Waals surface area (Å²) in [5.74, 6) is -7.52. The summed E-state index contributed by atoms with van der Waals surface area (Å²) >= 11 is 0. The molecule has 2 aromatic heterocycles. The van der Waals surface area contributed by atoms with Crippen LogP contribution in [0.1, 0.15) is 77.5 Å². The largest absolute Gasteiger partial charge is 0.370 e. The monoisotopic (exact) mass is 900 g/mol. The number of para-hydroxylation sites is 1. The van der Waals surface area contributed by atoms with Crippen molar-refractivity contribution in [1.82, 2.24) is 56.7 Å². The second-order valence-corrected chi connectivity index (χ2v) is 17.5. The molecule has 0 saturated carbocycles. The minimum atomic E-state index is -1.55. The molecular weight excluding hydrogens is 841 g/mol. The van der Waals surface area contributed by atoms with E-state index in [0.717, 1.165) is 10.9 Å². The second kappa shape index (κ2) is 21.3. The highest BCUT2D eigenvalue weighted by atomic mass is 16.2. The third-order valence-corrected chi connectivity index (χ3v) is 12.5. The van der Waals surface area contributed by atoms with Gasteiger partial charge in [-0.15, -0.1) is 0 Å². The molecule has 0 aliphatic carbocycles. The van der Waals surface area contributed by atoms with E-state index < -0.39 is 120 Å². The van der Waals surface area contributed by atoms with E-state index in [-0.39, 0.29) is 32.4 Å². The van der Waals surface area contributed by atoms with Crippen LogP contribution in [-0.4, -0.2) is 140 Å². The fourth-order valence-corrected chi connectivity index (χ4v) is 8.71. The zero-order valence-electron chi connectivity index (χ0n) is 37.1. The number of fused-ring (bicyclic) bond motifs is 3.